The van der Waals surface area contributed by atoms with Gasteiger partial charge in [0.25, 0.3) is 0 Å². The van der Waals surface area contributed by atoms with Crippen LogP contribution in [0.15, 0.2) is 0 Å². The summed E-state index contributed by atoms with van der Waals surface area (Å²) in [7, 11) is -3.15. The number of hydrogen-bond acceptors (Lipinski definition) is 4. The number of nitrogens with one attached hydrogen (secondary N) is 2. The van der Waals surface area contributed by atoms with Gasteiger partial charge in [0.2, 0.25) is 15.9 Å². The van der Waals surface area contributed by atoms with Gasteiger partial charge in [0.05, 0.1) is 6.26 Å². The van der Waals surface area contributed by atoms with Crippen molar-refractivity contribution in [1.29, 1.82) is 0 Å². The minimum Gasteiger partial charge on any atom is -0.339 e. The molecule has 0 aliphatic carbocycles. The molecule has 122 valence electrons. The molecule has 2 N–H and O–H groups in total. The van der Waals surface area contributed by atoms with Crippen molar-refractivity contribution in [3.05, 3.63) is 0 Å². The molecule has 6 nitrogen and oxygen atoms in total. The zero-order chi connectivity index (χ0) is 15.5. The Morgan fingerprint density at radius 1 is 1.38 bits per heavy atom. The number of amides is 1. The van der Waals surface area contributed by atoms with Crippen molar-refractivity contribution in [3.63, 3.8) is 0 Å². The molecule has 0 bridgehead atoms. The molecule has 2 heterocycles. The van der Waals surface area contributed by atoms with Crippen LogP contribution in [0.2, 0.25) is 0 Å². The van der Waals surface area contributed by atoms with Gasteiger partial charge in [-0.1, -0.05) is 6.92 Å². The summed E-state index contributed by atoms with van der Waals surface area (Å²) in [5, 5.41) is 3.21. The standard InChI is InChI=1S/C14H27N3O3S/c1-11(12-9-15-10-12)14(18)17-8-4-3-5-13(17)6-7-16-21(2,19)20/h11-13,15-16H,3-10H2,1-2H3. The second kappa shape index (κ2) is 7.07. The highest BCUT2D eigenvalue weighted by molar-refractivity contribution is 7.88. The van der Waals surface area contributed by atoms with Crippen LogP contribution in [-0.2, 0) is 14.8 Å². The fourth-order valence-electron chi connectivity index (χ4n) is 3.13. The zero-order valence-corrected chi connectivity index (χ0v) is 13.8. The van der Waals surface area contributed by atoms with Crippen LogP contribution in [0, 0.1) is 11.8 Å². The Kier molecular flexibility index (Phi) is 5.62. The molecule has 2 atom stereocenters. The highest BCUT2D eigenvalue weighted by atomic mass is 32.2. The first kappa shape index (κ1) is 16.7. The Morgan fingerprint density at radius 3 is 2.67 bits per heavy atom. The smallest absolute Gasteiger partial charge is 0.226 e. The highest BCUT2D eigenvalue weighted by Gasteiger charge is 2.35. The van der Waals surface area contributed by atoms with E-state index in [1.807, 2.05) is 11.8 Å². The average molecular weight is 317 g/mol. The summed E-state index contributed by atoms with van der Waals surface area (Å²) in [6, 6.07) is 0.177. The van der Waals surface area contributed by atoms with Crippen LogP contribution < -0.4 is 10.0 Å². The lowest BCUT2D eigenvalue weighted by Crippen LogP contribution is -2.53. The van der Waals surface area contributed by atoms with Crippen LogP contribution in [0.5, 0.6) is 0 Å². The van der Waals surface area contributed by atoms with E-state index in [4.69, 9.17) is 0 Å². The molecule has 0 radical (unpaired) electrons. The van der Waals surface area contributed by atoms with E-state index in [0.717, 1.165) is 38.9 Å². The van der Waals surface area contributed by atoms with Gasteiger partial charge in [-0.2, -0.15) is 0 Å². The van der Waals surface area contributed by atoms with Crippen molar-refractivity contribution in [2.45, 2.75) is 38.6 Å². The van der Waals surface area contributed by atoms with Gasteiger partial charge in [-0.25, -0.2) is 13.1 Å². The van der Waals surface area contributed by atoms with Crippen molar-refractivity contribution in [2.75, 3.05) is 32.4 Å². The average Bonchev–Trinajstić information content (AvgIpc) is 2.35. The summed E-state index contributed by atoms with van der Waals surface area (Å²) < 4.78 is 24.8. The molecular formula is C14H27N3O3S. The Balaban J connectivity index is 1.89. The first-order valence-corrected chi connectivity index (χ1v) is 9.73. The minimum absolute atomic E-state index is 0.0646. The van der Waals surface area contributed by atoms with E-state index in [-0.39, 0.29) is 17.9 Å². The normalized spacial score (nSPS) is 25.4. The molecule has 2 rings (SSSR count). The van der Waals surface area contributed by atoms with Crippen LogP contribution in [0.3, 0.4) is 0 Å². The summed E-state index contributed by atoms with van der Waals surface area (Å²) in [4.78, 5) is 14.7. The van der Waals surface area contributed by atoms with Gasteiger partial charge in [-0.15, -0.1) is 0 Å². The maximum Gasteiger partial charge on any atom is 0.226 e. The van der Waals surface area contributed by atoms with Gasteiger partial charge >= 0.3 is 0 Å². The lowest BCUT2D eigenvalue weighted by Gasteiger charge is -2.40. The third-order valence-electron chi connectivity index (χ3n) is 4.66. The maximum absolute atomic E-state index is 12.7. The first-order chi connectivity index (χ1) is 9.88. The van der Waals surface area contributed by atoms with Crippen molar-refractivity contribution in [2.24, 2.45) is 11.8 Å². The lowest BCUT2D eigenvalue weighted by atomic mass is 9.86. The molecule has 0 aromatic rings. The second-order valence-electron chi connectivity index (χ2n) is 6.34. The highest BCUT2D eigenvalue weighted by Crippen LogP contribution is 2.25. The molecular weight excluding hydrogens is 290 g/mol. The number of rotatable bonds is 6. The number of nitrogens with zero attached hydrogens (tertiary/aromatic N) is 1. The number of hydrogen-bond donors (Lipinski definition) is 2. The minimum atomic E-state index is -3.15. The topological polar surface area (TPSA) is 78.5 Å². The molecule has 2 aliphatic heterocycles. The van der Waals surface area contributed by atoms with E-state index < -0.39 is 10.0 Å². The van der Waals surface area contributed by atoms with E-state index in [9.17, 15) is 13.2 Å². The molecule has 2 unspecified atom stereocenters. The molecule has 1 amide bonds. The van der Waals surface area contributed by atoms with Gasteiger partial charge < -0.3 is 10.2 Å². The molecule has 0 spiro atoms. The SMILES string of the molecule is CC(C(=O)N1CCCCC1CCNS(C)(=O)=O)C1CNC1. The van der Waals surface area contributed by atoms with Crippen molar-refractivity contribution in [1.82, 2.24) is 14.9 Å². The van der Waals surface area contributed by atoms with Gasteiger partial charge in [0, 0.05) is 25.0 Å². The van der Waals surface area contributed by atoms with Gasteiger partial charge in [-0.05, 0) is 44.7 Å². The van der Waals surface area contributed by atoms with Crippen molar-refractivity contribution in [3.8, 4) is 0 Å². The number of carbonyl (C=O) groups is 1. The second-order valence-corrected chi connectivity index (χ2v) is 8.18. The largest absolute Gasteiger partial charge is 0.339 e. The number of sulfonamides is 1. The summed E-state index contributed by atoms with van der Waals surface area (Å²) >= 11 is 0. The van der Waals surface area contributed by atoms with Crippen LogP contribution in [0.1, 0.15) is 32.6 Å². The third kappa shape index (κ3) is 4.66. The number of likely N-dealkylation sites (tertiary alicyclic amines) is 1. The summed E-state index contributed by atoms with van der Waals surface area (Å²) in [6.45, 7) is 5.11. The van der Waals surface area contributed by atoms with E-state index in [0.29, 0.717) is 18.9 Å². The van der Waals surface area contributed by atoms with E-state index in [1.165, 1.54) is 6.26 Å². The molecule has 7 heteroatoms. The van der Waals surface area contributed by atoms with Crippen molar-refractivity contribution >= 4 is 15.9 Å². The lowest BCUT2D eigenvalue weighted by molar-refractivity contribution is -0.141. The molecule has 21 heavy (non-hydrogen) atoms. The number of carbonyl (C=O) groups excluding carboxylic acids is 1. The van der Waals surface area contributed by atoms with Gasteiger partial charge in [0.1, 0.15) is 0 Å². The summed E-state index contributed by atoms with van der Waals surface area (Å²) in [5.74, 6) is 0.759. The number of piperidine rings is 1. The predicted molar refractivity (Wildman–Crippen MR) is 82.3 cm³/mol. The fraction of sp³-hybridized carbons (Fsp3) is 0.929. The monoisotopic (exact) mass is 317 g/mol. The Morgan fingerprint density at radius 2 is 2.10 bits per heavy atom. The van der Waals surface area contributed by atoms with Gasteiger partial charge in [-0.3, -0.25) is 4.79 Å². The molecule has 0 saturated carbocycles. The quantitative estimate of drug-likeness (QED) is 0.732. The molecule has 2 aliphatic rings. The summed E-state index contributed by atoms with van der Waals surface area (Å²) in [5.41, 5.74) is 0. The molecule has 2 saturated heterocycles. The van der Waals surface area contributed by atoms with Gasteiger partial charge in [0.15, 0.2) is 0 Å². The van der Waals surface area contributed by atoms with Crippen LogP contribution in [0.4, 0.5) is 0 Å². The van der Waals surface area contributed by atoms with Crippen molar-refractivity contribution < 1.29 is 13.2 Å². The molecule has 0 aromatic carbocycles. The zero-order valence-electron chi connectivity index (χ0n) is 13.0. The predicted octanol–water partition coefficient (Wildman–Crippen LogP) is 0.162. The van der Waals surface area contributed by atoms with Crippen LogP contribution in [0.25, 0.3) is 0 Å². The Hall–Kier alpha value is -0.660. The fourth-order valence-corrected chi connectivity index (χ4v) is 3.62. The van der Waals surface area contributed by atoms with Crippen LogP contribution >= 0.6 is 0 Å². The van der Waals surface area contributed by atoms with E-state index in [1.54, 1.807) is 0 Å². The van der Waals surface area contributed by atoms with Crippen LogP contribution in [-0.4, -0.2) is 57.7 Å². The Labute approximate surface area is 127 Å². The molecule has 2 fully saturated rings. The summed E-state index contributed by atoms with van der Waals surface area (Å²) in [6.07, 6.45) is 5.02. The third-order valence-corrected chi connectivity index (χ3v) is 5.39. The Bertz CT molecular complexity index is 462. The van der Waals surface area contributed by atoms with E-state index >= 15 is 0 Å². The molecule has 0 aromatic heterocycles. The van der Waals surface area contributed by atoms with E-state index in [2.05, 4.69) is 10.0 Å². The first-order valence-electron chi connectivity index (χ1n) is 7.84. The maximum atomic E-state index is 12.7.